The summed E-state index contributed by atoms with van der Waals surface area (Å²) in [6.07, 6.45) is 3.48. The number of carbonyl (C=O) groups excluding carboxylic acids is 1. The minimum atomic E-state index is -0.425. The van der Waals surface area contributed by atoms with Gasteiger partial charge in [0.2, 0.25) is 0 Å². The van der Waals surface area contributed by atoms with Crippen LogP contribution in [0.3, 0.4) is 0 Å². The Labute approximate surface area is 148 Å². The topological polar surface area (TPSA) is 52.6 Å². The molecule has 2 aromatic rings. The highest BCUT2D eigenvalue weighted by Gasteiger charge is 2.34. The van der Waals surface area contributed by atoms with Gasteiger partial charge in [0.1, 0.15) is 0 Å². The molecule has 2 atom stereocenters. The fourth-order valence-corrected chi connectivity index (χ4v) is 4.51. The summed E-state index contributed by atoms with van der Waals surface area (Å²) < 4.78 is 0. The molecular formula is C21H24N2O2. The summed E-state index contributed by atoms with van der Waals surface area (Å²) in [6, 6.07) is 16.5. The molecule has 1 amide bonds. The number of hydrogen-bond donors (Lipinski definition) is 2. The van der Waals surface area contributed by atoms with Crippen LogP contribution >= 0.6 is 0 Å². The molecule has 1 aliphatic heterocycles. The molecule has 25 heavy (non-hydrogen) atoms. The zero-order chi connectivity index (χ0) is 17.2. The van der Waals surface area contributed by atoms with Gasteiger partial charge in [0.25, 0.3) is 5.91 Å². The number of carbonyl (C=O) groups is 1. The number of rotatable bonds is 4. The Morgan fingerprint density at radius 2 is 2.00 bits per heavy atom. The van der Waals surface area contributed by atoms with E-state index in [-0.39, 0.29) is 0 Å². The van der Waals surface area contributed by atoms with E-state index in [1.807, 2.05) is 12.1 Å². The molecule has 2 aliphatic rings. The first-order valence-corrected chi connectivity index (χ1v) is 9.08. The number of benzene rings is 2. The van der Waals surface area contributed by atoms with Crippen molar-refractivity contribution < 1.29 is 10.0 Å². The van der Waals surface area contributed by atoms with Crippen LogP contribution in [0.25, 0.3) is 0 Å². The average molecular weight is 336 g/mol. The average Bonchev–Trinajstić information content (AvgIpc) is 3.27. The van der Waals surface area contributed by atoms with E-state index in [0.717, 1.165) is 26.1 Å². The van der Waals surface area contributed by atoms with Crippen molar-refractivity contribution in [1.82, 2.24) is 10.4 Å². The number of aryl methyl sites for hydroxylation is 1. The maximum Gasteiger partial charge on any atom is 0.274 e. The van der Waals surface area contributed by atoms with Crippen LogP contribution < -0.4 is 5.48 Å². The fourth-order valence-electron chi connectivity index (χ4n) is 4.51. The van der Waals surface area contributed by atoms with Gasteiger partial charge in [-0.15, -0.1) is 0 Å². The maximum atomic E-state index is 11.7. The molecule has 1 saturated heterocycles. The Hall–Kier alpha value is -2.17. The normalized spacial score (nSPS) is 22.8. The summed E-state index contributed by atoms with van der Waals surface area (Å²) in [5, 5.41) is 8.88. The van der Waals surface area contributed by atoms with Crippen molar-refractivity contribution in [3.05, 3.63) is 70.8 Å². The monoisotopic (exact) mass is 336 g/mol. The molecule has 4 heteroatoms. The summed E-state index contributed by atoms with van der Waals surface area (Å²) in [7, 11) is 0. The number of fused-ring (bicyclic) bond motifs is 1. The number of nitrogens with zero attached hydrogens (tertiary/aromatic N) is 1. The van der Waals surface area contributed by atoms with Crippen molar-refractivity contribution in [3.8, 4) is 0 Å². The van der Waals surface area contributed by atoms with Crippen LogP contribution in [0.4, 0.5) is 0 Å². The second kappa shape index (κ2) is 6.98. The van der Waals surface area contributed by atoms with Crippen LogP contribution in [0.1, 0.15) is 45.8 Å². The Bertz CT molecular complexity index is 760. The standard InChI is InChI=1S/C21H24N2O2/c24-21(22-25)17-7-6-16-8-9-19(20(16)12-17)18-10-11-23(14-18)13-15-4-2-1-3-5-15/h1-7,12,18-19,25H,8-11,13-14H2,(H,22,24). The molecule has 130 valence electrons. The molecule has 1 heterocycles. The van der Waals surface area contributed by atoms with E-state index in [0.29, 0.717) is 17.4 Å². The molecule has 1 aliphatic carbocycles. The van der Waals surface area contributed by atoms with E-state index in [4.69, 9.17) is 5.21 Å². The number of likely N-dealkylation sites (tertiary alicyclic amines) is 1. The van der Waals surface area contributed by atoms with Crippen LogP contribution in [0.2, 0.25) is 0 Å². The maximum absolute atomic E-state index is 11.7. The molecule has 4 nitrogen and oxygen atoms in total. The lowest BCUT2D eigenvalue weighted by Gasteiger charge is -2.21. The zero-order valence-corrected chi connectivity index (χ0v) is 14.3. The van der Waals surface area contributed by atoms with Crippen molar-refractivity contribution in [3.63, 3.8) is 0 Å². The summed E-state index contributed by atoms with van der Waals surface area (Å²) in [5.74, 6) is 0.755. The van der Waals surface area contributed by atoms with Crippen molar-refractivity contribution in [2.45, 2.75) is 31.7 Å². The fraction of sp³-hybridized carbons (Fsp3) is 0.381. The predicted molar refractivity (Wildman–Crippen MR) is 96.6 cm³/mol. The molecule has 0 bridgehead atoms. The van der Waals surface area contributed by atoms with Crippen LogP contribution in [0.15, 0.2) is 48.5 Å². The second-order valence-corrected chi connectivity index (χ2v) is 7.27. The smallest absolute Gasteiger partial charge is 0.274 e. The van der Waals surface area contributed by atoms with Gasteiger partial charge >= 0.3 is 0 Å². The van der Waals surface area contributed by atoms with Gasteiger partial charge in [0.05, 0.1) is 0 Å². The molecular weight excluding hydrogens is 312 g/mol. The van der Waals surface area contributed by atoms with E-state index < -0.39 is 5.91 Å². The first kappa shape index (κ1) is 16.3. The molecule has 2 unspecified atom stereocenters. The number of amides is 1. The summed E-state index contributed by atoms with van der Waals surface area (Å²) in [4.78, 5) is 14.3. The van der Waals surface area contributed by atoms with Crippen molar-refractivity contribution in [1.29, 1.82) is 0 Å². The third-order valence-electron chi connectivity index (χ3n) is 5.76. The minimum Gasteiger partial charge on any atom is -0.299 e. The van der Waals surface area contributed by atoms with Gasteiger partial charge in [0.15, 0.2) is 0 Å². The zero-order valence-electron chi connectivity index (χ0n) is 14.3. The first-order chi connectivity index (χ1) is 12.2. The van der Waals surface area contributed by atoms with Gasteiger partial charge in [-0.3, -0.25) is 14.9 Å². The van der Waals surface area contributed by atoms with E-state index in [1.54, 1.807) is 5.48 Å². The summed E-state index contributed by atoms with van der Waals surface area (Å²) >= 11 is 0. The molecule has 4 rings (SSSR count). The molecule has 0 radical (unpaired) electrons. The minimum absolute atomic E-state index is 0.425. The number of hydrogen-bond acceptors (Lipinski definition) is 3. The van der Waals surface area contributed by atoms with E-state index in [1.165, 1.54) is 29.5 Å². The Kier molecular flexibility index (Phi) is 4.55. The van der Waals surface area contributed by atoms with Crippen LogP contribution in [0, 0.1) is 5.92 Å². The third kappa shape index (κ3) is 3.32. The van der Waals surface area contributed by atoms with Crippen LogP contribution in [0.5, 0.6) is 0 Å². The summed E-state index contributed by atoms with van der Waals surface area (Å²) in [6.45, 7) is 3.28. The molecule has 0 aromatic heterocycles. The first-order valence-electron chi connectivity index (χ1n) is 9.08. The van der Waals surface area contributed by atoms with Gasteiger partial charge in [-0.2, -0.15) is 0 Å². The van der Waals surface area contributed by atoms with Gasteiger partial charge < -0.3 is 0 Å². The lowest BCUT2D eigenvalue weighted by molar-refractivity contribution is 0.0706. The Morgan fingerprint density at radius 3 is 2.80 bits per heavy atom. The molecule has 0 spiro atoms. The quantitative estimate of drug-likeness (QED) is 0.665. The van der Waals surface area contributed by atoms with Crippen LogP contribution in [-0.2, 0) is 13.0 Å². The van der Waals surface area contributed by atoms with E-state index in [9.17, 15) is 4.79 Å². The summed E-state index contributed by atoms with van der Waals surface area (Å²) in [5.41, 5.74) is 6.34. The van der Waals surface area contributed by atoms with E-state index in [2.05, 4.69) is 41.3 Å². The van der Waals surface area contributed by atoms with Gasteiger partial charge in [-0.1, -0.05) is 36.4 Å². The Morgan fingerprint density at radius 1 is 1.16 bits per heavy atom. The second-order valence-electron chi connectivity index (χ2n) is 7.27. The molecule has 2 aromatic carbocycles. The van der Waals surface area contributed by atoms with Crippen molar-refractivity contribution in [2.75, 3.05) is 13.1 Å². The lowest BCUT2D eigenvalue weighted by Crippen LogP contribution is -2.22. The van der Waals surface area contributed by atoms with Crippen molar-refractivity contribution in [2.24, 2.45) is 5.92 Å². The van der Waals surface area contributed by atoms with Crippen molar-refractivity contribution >= 4 is 5.91 Å². The van der Waals surface area contributed by atoms with Gasteiger partial charge in [-0.25, -0.2) is 5.48 Å². The van der Waals surface area contributed by atoms with Crippen LogP contribution in [-0.4, -0.2) is 29.1 Å². The highest BCUT2D eigenvalue weighted by molar-refractivity contribution is 5.93. The molecule has 2 N–H and O–H groups in total. The van der Waals surface area contributed by atoms with Gasteiger partial charge in [-0.05, 0) is 66.5 Å². The van der Waals surface area contributed by atoms with E-state index >= 15 is 0 Å². The highest BCUT2D eigenvalue weighted by atomic mass is 16.5. The third-order valence-corrected chi connectivity index (χ3v) is 5.76. The number of hydroxylamine groups is 1. The number of nitrogens with one attached hydrogen (secondary N) is 1. The predicted octanol–water partition coefficient (Wildman–Crippen LogP) is 3.36. The SMILES string of the molecule is O=C(NO)c1ccc2c(c1)C(C1CCN(Cc3ccccc3)C1)CC2. The highest BCUT2D eigenvalue weighted by Crippen LogP contribution is 2.42. The molecule has 1 fully saturated rings. The van der Waals surface area contributed by atoms with Gasteiger partial charge in [0, 0.05) is 18.7 Å². The molecule has 0 saturated carbocycles. The Balaban J connectivity index is 1.47. The lowest BCUT2D eigenvalue weighted by atomic mass is 9.86. The largest absolute Gasteiger partial charge is 0.299 e.